The molecule has 2 N–H and O–H groups in total. The molecule has 1 aliphatic carbocycles. The lowest BCUT2D eigenvalue weighted by Crippen LogP contribution is -2.51. The zero-order chi connectivity index (χ0) is 16.1. The van der Waals surface area contributed by atoms with Crippen LogP contribution in [0.3, 0.4) is 0 Å². The van der Waals surface area contributed by atoms with Crippen LogP contribution in [0.1, 0.15) is 36.8 Å². The van der Waals surface area contributed by atoms with Gasteiger partial charge in [0.25, 0.3) is 0 Å². The van der Waals surface area contributed by atoms with Crippen LogP contribution in [0, 0.1) is 0 Å². The minimum absolute atomic E-state index is 0.0311. The van der Waals surface area contributed by atoms with Gasteiger partial charge in [0.1, 0.15) is 5.75 Å². The first-order chi connectivity index (χ1) is 11.2. The predicted octanol–water partition coefficient (Wildman–Crippen LogP) is 4.01. The summed E-state index contributed by atoms with van der Waals surface area (Å²) < 4.78 is 11.7. The van der Waals surface area contributed by atoms with Crippen LogP contribution < -0.4 is 10.5 Å². The van der Waals surface area contributed by atoms with Crippen molar-refractivity contribution in [1.82, 2.24) is 0 Å². The van der Waals surface area contributed by atoms with Crippen LogP contribution in [-0.2, 0) is 16.9 Å². The van der Waals surface area contributed by atoms with E-state index in [2.05, 4.69) is 24.3 Å². The van der Waals surface area contributed by atoms with E-state index in [1.165, 1.54) is 12.0 Å². The lowest BCUT2D eigenvalue weighted by atomic mass is 9.75. The number of para-hydroxylation sites is 1. The molecule has 0 radical (unpaired) electrons. The predicted molar refractivity (Wildman–Crippen MR) is 92.3 cm³/mol. The summed E-state index contributed by atoms with van der Waals surface area (Å²) in [7, 11) is 1.69. The van der Waals surface area contributed by atoms with E-state index in [9.17, 15) is 0 Å². The van der Waals surface area contributed by atoms with E-state index in [0.717, 1.165) is 30.6 Å². The molecule has 1 aliphatic rings. The zero-order valence-electron chi connectivity index (χ0n) is 13.7. The molecule has 0 aromatic heterocycles. The van der Waals surface area contributed by atoms with Crippen molar-refractivity contribution in [3.05, 3.63) is 65.7 Å². The fraction of sp³-hybridized carbons (Fsp3) is 0.400. The van der Waals surface area contributed by atoms with Gasteiger partial charge >= 0.3 is 0 Å². The van der Waals surface area contributed by atoms with Crippen molar-refractivity contribution in [2.75, 3.05) is 7.11 Å². The molecule has 2 aromatic rings. The highest BCUT2D eigenvalue weighted by atomic mass is 16.5. The molecule has 0 amide bonds. The third-order valence-corrected chi connectivity index (χ3v) is 4.83. The molecule has 122 valence electrons. The van der Waals surface area contributed by atoms with Crippen molar-refractivity contribution in [3.8, 4) is 5.75 Å². The normalized spacial score (nSPS) is 24.3. The molecular formula is C20H25NO2. The van der Waals surface area contributed by atoms with E-state index >= 15 is 0 Å². The largest absolute Gasteiger partial charge is 0.496 e. The topological polar surface area (TPSA) is 44.5 Å². The van der Waals surface area contributed by atoms with Crippen molar-refractivity contribution in [2.45, 2.75) is 43.9 Å². The Morgan fingerprint density at radius 2 is 1.78 bits per heavy atom. The highest BCUT2D eigenvalue weighted by Gasteiger charge is 2.39. The van der Waals surface area contributed by atoms with Gasteiger partial charge in [-0.05, 0) is 24.5 Å². The molecule has 0 spiro atoms. The van der Waals surface area contributed by atoms with Gasteiger partial charge in [0, 0.05) is 5.56 Å². The summed E-state index contributed by atoms with van der Waals surface area (Å²) in [5, 5.41) is 0. The molecule has 0 saturated heterocycles. The first kappa shape index (κ1) is 16.0. The Morgan fingerprint density at radius 1 is 1.04 bits per heavy atom. The highest BCUT2D eigenvalue weighted by Crippen LogP contribution is 2.37. The van der Waals surface area contributed by atoms with E-state index < -0.39 is 5.54 Å². The van der Waals surface area contributed by atoms with Crippen LogP contribution in [0.15, 0.2) is 54.6 Å². The van der Waals surface area contributed by atoms with Crippen LogP contribution in [-0.4, -0.2) is 13.2 Å². The summed E-state index contributed by atoms with van der Waals surface area (Å²) in [5.74, 6) is 0.866. The van der Waals surface area contributed by atoms with Gasteiger partial charge in [0.15, 0.2) is 0 Å². The van der Waals surface area contributed by atoms with Crippen molar-refractivity contribution in [1.29, 1.82) is 0 Å². The Labute approximate surface area is 138 Å². The molecule has 1 fully saturated rings. The van der Waals surface area contributed by atoms with Gasteiger partial charge < -0.3 is 15.2 Å². The standard InChI is InChI=1S/C20H25NO2/c1-22-18-12-6-5-9-16(18)15-23-19-13-7-8-14-20(19,21)17-10-3-2-4-11-17/h2-6,9-12,19H,7-8,13-15,21H2,1H3. The Balaban J connectivity index is 1.77. The minimum Gasteiger partial charge on any atom is -0.496 e. The van der Waals surface area contributed by atoms with E-state index in [4.69, 9.17) is 15.2 Å². The van der Waals surface area contributed by atoms with E-state index in [0.29, 0.717) is 6.61 Å². The molecule has 2 aromatic carbocycles. The zero-order valence-corrected chi connectivity index (χ0v) is 13.7. The minimum atomic E-state index is -0.401. The van der Waals surface area contributed by atoms with Crippen molar-refractivity contribution in [2.24, 2.45) is 5.73 Å². The number of hydrogen-bond acceptors (Lipinski definition) is 3. The second-order valence-electron chi connectivity index (χ2n) is 6.26. The summed E-state index contributed by atoms with van der Waals surface area (Å²) in [6.07, 6.45) is 4.32. The molecule has 0 heterocycles. The molecule has 3 nitrogen and oxygen atoms in total. The van der Waals surface area contributed by atoms with Gasteiger partial charge in [0.05, 0.1) is 25.4 Å². The van der Waals surface area contributed by atoms with Gasteiger partial charge in [-0.15, -0.1) is 0 Å². The second-order valence-corrected chi connectivity index (χ2v) is 6.26. The Bertz CT molecular complexity index is 629. The van der Waals surface area contributed by atoms with Gasteiger partial charge in [-0.2, -0.15) is 0 Å². The first-order valence-corrected chi connectivity index (χ1v) is 8.32. The fourth-order valence-electron chi connectivity index (χ4n) is 3.49. The Morgan fingerprint density at radius 3 is 2.57 bits per heavy atom. The summed E-state index contributed by atoms with van der Waals surface area (Å²) in [6, 6.07) is 18.4. The number of ether oxygens (including phenoxy) is 2. The lowest BCUT2D eigenvalue weighted by Gasteiger charge is -2.41. The SMILES string of the molecule is COc1ccccc1COC1CCCCC1(N)c1ccccc1. The monoisotopic (exact) mass is 311 g/mol. The molecule has 1 saturated carbocycles. The maximum absolute atomic E-state index is 6.80. The molecule has 0 bridgehead atoms. The number of nitrogens with two attached hydrogens (primary N) is 1. The molecular weight excluding hydrogens is 286 g/mol. The number of benzene rings is 2. The van der Waals surface area contributed by atoms with Crippen LogP contribution in [0.2, 0.25) is 0 Å². The van der Waals surface area contributed by atoms with Gasteiger partial charge in [0.2, 0.25) is 0 Å². The average Bonchev–Trinajstić information content (AvgIpc) is 2.62. The number of rotatable bonds is 5. The van der Waals surface area contributed by atoms with Gasteiger partial charge in [-0.3, -0.25) is 0 Å². The molecule has 0 aliphatic heterocycles. The first-order valence-electron chi connectivity index (χ1n) is 8.32. The Kier molecular flexibility index (Phi) is 4.99. The fourth-order valence-corrected chi connectivity index (χ4v) is 3.49. The summed E-state index contributed by atoms with van der Waals surface area (Å²) in [5.41, 5.74) is 8.64. The quantitative estimate of drug-likeness (QED) is 0.907. The Hall–Kier alpha value is -1.84. The maximum Gasteiger partial charge on any atom is 0.124 e. The molecule has 3 heteroatoms. The summed E-state index contributed by atoms with van der Waals surface area (Å²) in [6.45, 7) is 0.528. The second kappa shape index (κ2) is 7.16. The maximum atomic E-state index is 6.80. The van der Waals surface area contributed by atoms with E-state index in [-0.39, 0.29) is 6.10 Å². The smallest absolute Gasteiger partial charge is 0.124 e. The van der Waals surface area contributed by atoms with Crippen LogP contribution in [0.4, 0.5) is 0 Å². The third kappa shape index (κ3) is 3.41. The number of hydrogen-bond donors (Lipinski definition) is 1. The van der Waals surface area contributed by atoms with E-state index in [1.807, 2.05) is 30.3 Å². The van der Waals surface area contributed by atoms with Crippen molar-refractivity contribution >= 4 is 0 Å². The van der Waals surface area contributed by atoms with Crippen molar-refractivity contribution in [3.63, 3.8) is 0 Å². The van der Waals surface area contributed by atoms with E-state index in [1.54, 1.807) is 7.11 Å². The molecule has 3 rings (SSSR count). The highest BCUT2D eigenvalue weighted by molar-refractivity contribution is 5.33. The van der Waals surface area contributed by atoms with Gasteiger partial charge in [-0.1, -0.05) is 61.4 Å². The van der Waals surface area contributed by atoms with Crippen LogP contribution in [0.25, 0.3) is 0 Å². The van der Waals surface area contributed by atoms with Crippen LogP contribution >= 0.6 is 0 Å². The third-order valence-electron chi connectivity index (χ3n) is 4.83. The molecule has 2 unspecified atom stereocenters. The summed E-state index contributed by atoms with van der Waals surface area (Å²) >= 11 is 0. The van der Waals surface area contributed by atoms with Gasteiger partial charge in [-0.25, -0.2) is 0 Å². The molecule has 23 heavy (non-hydrogen) atoms. The average molecular weight is 311 g/mol. The van der Waals surface area contributed by atoms with Crippen molar-refractivity contribution < 1.29 is 9.47 Å². The lowest BCUT2D eigenvalue weighted by molar-refractivity contribution is -0.0378. The molecule has 2 atom stereocenters. The summed E-state index contributed by atoms with van der Waals surface area (Å²) in [4.78, 5) is 0. The van der Waals surface area contributed by atoms with Crippen LogP contribution in [0.5, 0.6) is 5.75 Å². The number of methoxy groups -OCH3 is 1.